The third-order valence-electron chi connectivity index (χ3n) is 5.04. The van der Waals surface area contributed by atoms with Crippen LogP contribution in [0.1, 0.15) is 40.5 Å². The average molecular weight is 412 g/mol. The molecule has 0 unspecified atom stereocenters. The Labute approximate surface area is 176 Å². The van der Waals surface area contributed by atoms with E-state index in [1.165, 1.54) is 0 Å². The van der Waals surface area contributed by atoms with Crippen LogP contribution in [0.25, 0.3) is 0 Å². The molecule has 29 heavy (non-hydrogen) atoms. The predicted molar refractivity (Wildman–Crippen MR) is 117 cm³/mol. The molecule has 0 radical (unpaired) electrons. The molecule has 2 aromatic carbocycles. The molecule has 1 saturated heterocycles. The summed E-state index contributed by atoms with van der Waals surface area (Å²) in [4.78, 5) is 26.8. The number of nitrogens with one attached hydrogen (secondary N) is 2. The number of rotatable bonds is 4. The minimum atomic E-state index is -0.309. The number of hydrogen-bond donors (Lipinski definition) is 2. The van der Waals surface area contributed by atoms with Gasteiger partial charge in [0.2, 0.25) is 0 Å². The van der Waals surface area contributed by atoms with Crippen LogP contribution < -0.4 is 15.4 Å². The van der Waals surface area contributed by atoms with Crippen molar-refractivity contribution in [1.29, 1.82) is 0 Å². The number of ether oxygens (including phenoxy) is 1. The monoisotopic (exact) mass is 411 g/mol. The van der Waals surface area contributed by atoms with Gasteiger partial charge in [0.25, 0.3) is 11.8 Å². The van der Waals surface area contributed by atoms with Crippen molar-refractivity contribution >= 4 is 34.8 Å². The third kappa shape index (κ3) is 5.54. The van der Waals surface area contributed by atoms with Crippen LogP contribution in [-0.2, 0) is 0 Å². The highest BCUT2D eigenvalue weighted by atomic mass is 32.1. The van der Waals surface area contributed by atoms with E-state index in [-0.39, 0.29) is 16.9 Å². The first-order valence-electron chi connectivity index (χ1n) is 9.62. The van der Waals surface area contributed by atoms with Crippen LogP contribution in [0, 0.1) is 5.92 Å². The second-order valence-electron chi connectivity index (χ2n) is 7.19. The first-order chi connectivity index (χ1) is 14.0. The molecule has 1 fully saturated rings. The maximum absolute atomic E-state index is 12.6. The zero-order valence-corrected chi connectivity index (χ0v) is 17.4. The summed E-state index contributed by atoms with van der Waals surface area (Å²) in [6, 6.07) is 13.9. The van der Waals surface area contributed by atoms with Crippen molar-refractivity contribution in [3.8, 4) is 5.75 Å². The van der Waals surface area contributed by atoms with Crippen LogP contribution in [0.3, 0.4) is 0 Å². The minimum Gasteiger partial charge on any atom is -0.497 e. The van der Waals surface area contributed by atoms with E-state index in [2.05, 4.69) is 17.6 Å². The van der Waals surface area contributed by atoms with E-state index >= 15 is 0 Å². The lowest BCUT2D eigenvalue weighted by atomic mass is 9.98. The minimum absolute atomic E-state index is 0.0545. The van der Waals surface area contributed by atoms with Gasteiger partial charge in [0.05, 0.1) is 7.11 Å². The van der Waals surface area contributed by atoms with Crippen molar-refractivity contribution in [3.05, 3.63) is 59.7 Å². The smallest absolute Gasteiger partial charge is 0.257 e. The van der Waals surface area contributed by atoms with Crippen molar-refractivity contribution in [2.24, 2.45) is 5.92 Å². The van der Waals surface area contributed by atoms with E-state index < -0.39 is 0 Å². The van der Waals surface area contributed by atoms with Crippen LogP contribution in [-0.4, -0.2) is 42.0 Å². The summed E-state index contributed by atoms with van der Waals surface area (Å²) in [5, 5.41) is 5.80. The second-order valence-corrected chi connectivity index (χ2v) is 7.60. The number of carbonyl (C=O) groups is 2. The molecule has 6 nitrogen and oxygen atoms in total. The number of thiocarbonyl (C=S) groups is 1. The van der Waals surface area contributed by atoms with E-state index in [9.17, 15) is 9.59 Å². The van der Waals surface area contributed by atoms with Crippen molar-refractivity contribution in [2.75, 3.05) is 25.5 Å². The van der Waals surface area contributed by atoms with Gasteiger partial charge in [-0.05, 0) is 79.5 Å². The molecule has 1 aliphatic heterocycles. The molecule has 2 aromatic rings. The van der Waals surface area contributed by atoms with E-state index in [0.29, 0.717) is 28.5 Å². The van der Waals surface area contributed by atoms with Gasteiger partial charge in [0.1, 0.15) is 5.75 Å². The SMILES string of the molecule is COc1ccc(C(=O)NC(=S)Nc2ccc(C(=O)N3CCC(C)CC3)cc2)cc1. The standard InChI is InChI=1S/C22H25N3O3S/c1-15-11-13-25(14-12-15)21(27)17-3-7-18(8-4-17)23-22(29)24-20(26)16-5-9-19(28-2)10-6-16/h3-10,15H,11-14H2,1-2H3,(H2,23,24,26,29). The summed E-state index contributed by atoms with van der Waals surface area (Å²) in [6.07, 6.45) is 2.10. The van der Waals surface area contributed by atoms with E-state index in [0.717, 1.165) is 25.9 Å². The van der Waals surface area contributed by atoms with Gasteiger partial charge in [0, 0.05) is 29.9 Å². The van der Waals surface area contributed by atoms with Crippen molar-refractivity contribution in [2.45, 2.75) is 19.8 Å². The molecule has 1 heterocycles. The Balaban J connectivity index is 1.54. The van der Waals surface area contributed by atoms with Crippen molar-refractivity contribution in [3.63, 3.8) is 0 Å². The fraction of sp³-hybridized carbons (Fsp3) is 0.318. The van der Waals surface area contributed by atoms with Gasteiger partial charge in [-0.1, -0.05) is 6.92 Å². The Kier molecular flexibility index (Phi) is 6.82. The number of amides is 2. The van der Waals surface area contributed by atoms with Crippen LogP contribution in [0.5, 0.6) is 5.75 Å². The average Bonchev–Trinajstić information content (AvgIpc) is 2.74. The molecule has 7 heteroatoms. The topological polar surface area (TPSA) is 70.7 Å². The van der Waals surface area contributed by atoms with Gasteiger partial charge >= 0.3 is 0 Å². The normalized spacial score (nSPS) is 14.2. The molecule has 0 aromatic heterocycles. The number of anilines is 1. The van der Waals surface area contributed by atoms with Gasteiger partial charge in [-0.25, -0.2) is 0 Å². The van der Waals surface area contributed by atoms with E-state index in [1.54, 1.807) is 55.6 Å². The fourth-order valence-electron chi connectivity index (χ4n) is 3.17. The number of piperidine rings is 1. The molecule has 0 bridgehead atoms. The van der Waals surface area contributed by atoms with E-state index in [4.69, 9.17) is 17.0 Å². The summed E-state index contributed by atoms with van der Waals surface area (Å²) in [7, 11) is 1.57. The summed E-state index contributed by atoms with van der Waals surface area (Å²) in [5.41, 5.74) is 1.83. The van der Waals surface area contributed by atoms with Gasteiger partial charge in [-0.2, -0.15) is 0 Å². The number of methoxy groups -OCH3 is 1. The second kappa shape index (κ2) is 9.52. The zero-order chi connectivity index (χ0) is 20.8. The molecule has 0 saturated carbocycles. The Morgan fingerprint density at radius 1 is 1.00 bits per heavy atom. The maximum atomic E-state index is 12.6. The highest BCUT2D eigenvalue weighted by molar-refractivity contribution is 7.80. The lowest BCUT2D eigenvalue weighted by Gasteiger charge is -2.30. The fourth-order valence-corrected chi connectivity index (χ4v) is 3.38. The zero-order valence-electron chi connectivity index (χ0n) is 16.6. The van der Waals surface area contributed by atoms with Crippen LogP contribution in [0.2, 0.25) is 0 Å². The molecule has 152 valence electrons. The Morgan fingerprint density at radius 2 is 1.59 bits per heavy atom. The highest BCUT2D eigenvalue weighted by Gasteiger charge is 2.21. The van der Waals surface area contributed by atoms with E-state index in [1.807, 2.05) is 4.90 Å². The number of likely N-dealkylation sites (tertiary alicyclic amines) is 1. The molecule has 3 rings (SSSR count). The first kappa shape index (κ1) is 20.8. The van der Waals surface area contributed by atoms with Crippen molar-refractivity contribution in [1.82, 2.24) is 10.2 Å². The summed E-state index contributed by atoms with van der Waals surface area (Å²) in [5.74, 6) is 1.10. The number of carbonyl (C=O) groups excluding carboxylic acids is 2. The van der Waals surface area contributed by atoms with Crippen LogP contribution in [0.15, 0.2) is 48.5 Å². The summed E-state index contributed by atoms with van der Waals surface area (Å²) in [6.45, 7) is 3.83. The van der Waals surface area contributed by atoms with Crippen molar-refractivity contribution < 1.29 is 14.3 Å². The van der Waals surface area contributed by atoms with Gasteiger partial charge in [-0.3, -0.25) is 14.9 Å². The largest absolute Gasteiger partial charge is 0.497 e. The number of hydrogen-bond acceptors (Lipinski definition) is 4. The molecular formula is C22H25N3O3S. The predicted octanol–water partition coefficient (Wildman–Crippen LogP) is 3.69. The molecule has 0 spiro atoms. The van der Waals surface area contributed by atoms with Crippen LogP contribution in [0.4, 0.5) is 5.69 Å². The van der Waals surface area contributed by atoms with Gasteiger partial charge in [-0.15, -0.1) is 0 Å². The third-order valence-corrected chi connectivity index (χ3v) is 5.24. The molecule has 0 aliphatic carbocycles. The lowest BCUT2D eigenvalue weighted by molar-refractivity contribution is 0.0697. The number of benzene rings is 2. The lowest BCUT2D eigenvalue weighted by Crippen LogP contribution is -2.37. The Bertz CT molecular complexity index is 873. The molecule has 2 N–H and O–H groups in total. The molecule has 1 aliphatic rings. The maximum Gasteiger partial charge on any atom is 0.257 e. The Hall–Kier alpha value is -2.93. The Morgan fingerprint density at radius 3 is 2.17 bits per heavy atom. The summed E-state index contributed by atoms with van der Waals surface area (Å²) < 4.78 is 5.08. The summed E-state index contributed by atoms with van der Waals surface area (Å²) >= 11 is 5.22. The molecule has 0 atom stereocenters. The van der Waals surface area contributed by atoms with Crippen LogP contribution >= 0.6 is 12.2 Å². The first-order valence-corrected chi connectivity index (χ1v) is 10.0. The van der Waals surface area contributed by atoms with Gasteiger partial charge in [0.15, 0.2) is 5.11 Å². The quantitative estimate of drug-likeness (QED) is 0.751. The van der Waals surface area contributed by atoms with Gasteiger partial charge < -0.3 is 15.0 Å². The number of nitrogens with zero attached hydrogens (tertiary/aromatic N) is 1. The molecule has 2 amide bonds. The molecular weight excluding hydrogens is 386 g/mol. The highest BCUT2D eigenvalue weighted by Crippen LogP contribution is 2.19.